The van der Waals surface area contributed by atoms with Gasteiger partial charge >= 0.3 is 0 Å². The summed E-state index contributed by atoms with van der Waals surface area (Å²) >= 11 is 5.91. The number of rotatable bonds is 9. The summed E-state index contributed by atoms with van der Waals surface area (Å²) in [6, 6.07) is 3.34. The first-order chi connectivity index (χ1) is 9.67. The molecule has 1 rings (SSSR count). The number of halogens is 1. The van der Waals surface area contributed by atoms with E-state index in [4.69, 9.17) is 21.4 Å². The molecule has 6 heteroatoms. The van der Waals surface area contributed by atoms with Crippen LogP contribution in [0.3, 0.4) is 0 Å². The Hall–Kier alpha value is -1.17. The summed E-state index contributed by atoms with van der Waals surface area (Å²) in [7, 11) is 0. The van der Waals surface area contributed by atoms with Gasteiger partial charge in [0.1, 0.15) is 5.15 Å². The van der Waals surface area contributed by atoms with Crippen LogP contribution in [0.5, 0.6) is 0 Å². The molecule has 2 N–H and O–H groups in total. The molecule has 0 atom stereocenters. The van der Waals surface area contributed by atoms with Gasteiger partial charge < -0.3 is 15.2 Å². The van der Waals surface area contributed by atoms with Crippen LogP contribution in [0.25, 0.3) is 0 Å². The van der Waals surface area contributed by atoms with Crippen LogP contribution in [0.2, 0.25) is 5.15 Å². The maximum absolute atomic E-state index is 12.0. The van der Waals surface area contributed by atoms with Crippen LogP contribution < -0.4 is 5.32 Å². The SMILES string of the molecule is CCCc1cc(C(=O)NCCCOCCO)cc(Cl)n1. The van der Waals surface area contributed by atoms with Gasteiger partial charge in [0.25, 0.3) is 5.91 Å². The molecule has 0 radical (unpaired) electrons. The van der Waals surface area contributed by atoms with Crippen molar-refractivity contribution in [2.24, 2.45) is 0 Å². The number of nitrogens with one attached hydrogen (secondary N) is 1. The van der Waals surface area contributed by atoms with E-state index < -0.39 is 0 Å². The number of pyridine rings is 1. The summed E-state index contributed by atoms with van der Waals surface area (Å²) in [6.45, 7) is 3.43. The Morgan fingerprint density at radius 1 is 1.45 bits per heavy atom. The molecule has 20 heavy (non-hydrogen) atoms. The molecular weight excluding hydrogens is 280 g/mol. The molecule has 0 saturated carbocycles. The standard InChI is InChI=1S/C14H21ClN2O3/c1-2-4-12-9-11(10-13(15)17-12)14(19)16-5-3-7-20-8-6-18/h9-10,18H,2-8H2,1H3,(H,16,19). The lowest BCUT2D eigenvalue weighted by Gasteiger charge is -2.07. The van der Waals surface area contributed by atoms with E-state index >= 15 is 0 Å². The number of hydrogen-bond donors (Lipinski definition) is 2. The minimum atomic E-state index is -0.159. The van der Waals surface area contributed by atoms with Crippen molar-refractivity contribution in [3.05, 3.63) is 28.5 Å². The number of nitrogens with zero attached hydrogens (tertiary/aromatic N) is 1. The van der Waals surface area contributed by atoms with Crippen molar-refractivity contribution in [2.45, 2.75) is 26.2 Å². The van der Waals surface area contributed by atoms with Gasteiger partial charge in [0.2, 0.25) is 0 Å². The highest BCUT2D eigenvalue weighted by Crippen LogP contribution is 2.12. The van der Waals surface area contributed by atoms with Gasteiger partial charge in [0, 0.05) is 24.4 Å². The molecule has 1 aromatic heterocycles. The van der Waals surface area contributed by atoms with E-state index in [-0.39, 0.29) is 12.5 Å². The number of amides is 1. The van der Waals surface area contributed by atoms with Gasteiger partial charge in [-0.05, 0) is 25.0 Å². The molecule has 0 spiro atoms. The van der Waals surface area contributed by atoms with Crippen LogP contribution in [-0.2, 0) is 11.2 Å². The first-order valence-electron chi connectivity index (χ1n) is 6.80. The van der Waals surface area contributed by atoms with Crippen LogP contribution in [0.1, 0.15) is 35.8 Å². The van der Waals surface area contributed by atoms with Crippen LogP contribution in [-0.4, -0.2) is 42.4 Å². The molecule has 5 nitrogen and oxygen atoms in total. The predicted molar refractivity (Wildman–Crippen MR) is 78.1 cm³/mol. The third-order valence-corrected chi connectivity index (χ3v) is 2.80. The van der Waals surface area contributed by atoms with Crippen LogP contribution in [0, 0.1) is 0 Å². The average molecular weight is 301 g/mol. The molecule has 0 aliphatic heterocycles. The average Bonchev–Trinajstić information content (AvgIpc) is 2.42. The number of carbonyl (C=O) groups excluding carboxylic acids is 1. The molecule has 0 saturated heterocycles. The summed E-state index contributed by atoms with van der Waals surface area (Å²) < 4.78 is 5.11. The van der Waals surface area contributed by atoms with Crippen molar-refractivity contribution >= 4 is 17.5 Å². The molecule has 1 aromatic rings. The monoisotopic (exact) mass is 300 g/mol. The van der Waals surface area contributed by atoms with Crippen LogP contribution in [0.15, 0.2) is 12.1 Å². The Bertz CT molecular complexity index is 427. The molecule has 1 heterocycles. The molecular formula is C14H21ClN2O3. The maximum atomic E-state index is 12.0. The lowest BCUT2D eigenvalue weighted by molar-refractivity contribution is 0.0867. The van der Waals surface area contributed by atoms with Crippen molar-refractivity contribution in [3.8, 4) is 0 Å². The van der Waals surface area contributed by atoms with E-state index in [1.165, 1.54) is 0 Å². The number of aryl methyl sites for hydroxylation is 1. The molecule has 0 aliphatic rings. The Morgan fingerprint density at radius 3 is 2.95 bits per heavy atom. The van der Waals surface area contributed by atoms with Crippen molar-refractivity contribution in [1.29, 1.82) is 0 Å². The zero-order chi connectivity index (χ0) is 14.8. The smallest absolute Gasteiger partial charge is 0.251 e. The lowest BCUT2D eigenvalue weighted by Crippen LogP contribution is -2.25. The molecule has 0 aromatic carbocycles. The largest absolute Gasteiger partial charge is 0.394 e. The highest BCUT2D eigenvalue weighted by atomic mass is 35.5. The Balaban J connectivity index is 2.42. The van der Waals surface area contributed by atoms with Crippen LogP contribution >= 0.6 is 11.6 Å². The van der Waals surface area contributed by atoms with Crippen molar-refractivity contribution in [3.63, 3.8) is 0 Å². The van der Waals surface area contributed by atoms with Crippen molar-refractivity contribution < 1.29 is 14.6 Å². The normalized spacial score (nSPS) is 10.6. The second-order valence-electron chi connectivity index (χ2n) is 4.37. The summed E-state index contributed by atoms with van der Waals surface area (Å²) in [6.07, 6.45) is 2.46. The van der Waals surface area contributed by atoms with E-state index in [9.17, 15) is 4.79 Å². The number of aliphatic hydroxyl groups is 1. The van der Waals surface area contributed by atoms with E-state index in [0.717, 1.165) is 18.5 Å². The summed E-state index contributed by atoms with van der Waals surface area (Å²) in [5.74, 6) is -0.159. The van der Waals surface area contributed by atoms with E-state index in [0.29, 0.717) is 36.9 Å². The number of aromatic nitrogens is 1. The lowest BCUT2D eigenvalue weighted by atomic mass is 10.1. The highest BCUT2D eigenvalue weighted by Gasteiger charge is 2.08. The Morgan fingerprint density at radius 2 is 2.25 bits per heavy atom. The number of hydrogen-bond acceptors (Lipinski definition) is 4. The van der Waals surface area contributed by atoms with Crippen LogP contribution in [0.4, 0.5) is 0 Å². The molecule has 0 unspecified atom stereocenters. The minimum absolute atomic E-state index is 0.0160. The number of ether oxygens (including phenoxy) is 1. The fraction of sp³-hybridized carbons (Fsp3) is 0.571. The van der Waals surface area contributed by atoms with E-state index in [1.807, 2.05) is 0 Å². The van der Waals surface area contributed by atoms with Crippen molar-refractivity contribution in [1.82, 2.24) is 10.3 Å². The molecule has 0 bridgehead atoms. The molecule has 1 amide bonds. The molecule has 112 valence electrons. The third-order valence-electron chi connectivity index (χ3n) is 2.60. The number of aliphatic hydroxyl groups excluding tert-OH is 1. The number of carbonyl (C=O) groups is 1. The fourth-order valence-corrected chi connectivity index (χ4v) is 1.94. The molecule has 0 fully saturated rings. The highest BCUT2D eigenvalue weighted by molar-refractivity contribution is 6.29. The van der Waals surface area contributed by atoms with Gasteiger partial charge in [-0.1, -0.05) is 24.9 Å². The minimum Gasteiger partial charge on any atom is -0.394 e. The molecule has 0 aliphatic carbocycles. The van der Waals surface area contributed by atoms with Gasteiger partial charge in [0.15, 0.2) is 0 Å². The predicted octanol–water partition coefficient (Wildman–Crippen LogP) is 1.82. The zero-order valence-corrected chi connectivity index (χ0v) is 12.4. The van der Waals surface area contributed by atoms with E-state index in [2.05, 4.69) is 17.2 Å². The second-order valence-corrected chi connectivity index (χ2v) is 4.75. The summed E-state index contributed by atoms with van der Waals surface area (Å²) in [5.41, 5.74) is 1.36. The topological polar surface area (TPSA) is 71.5 Å². The van der Waals surface area contributed by atoms with E-state index in [1.54, 1.807) is 12.1 Å². The van der Waals surface area contributed by atoms with Gasteiger partial charge in [0.05, 0.1) is 13.2 Å². The maximum Gasteiger partial charge on any atom is 0.251 e. The third kappa shape index (κ3) is 6.32. The van der Waals surface area contributed by atoms with Gasteiger partial charge in [-0.2, -0.15) is 0 Å². The first-order valence-corrected chi connectivity index (χ1v) is 7.18. The van der Waals surface area contributed by atoms with Gasteiger partial charge in [-0.25, -0.2) is 4.98 Å². The first kappa shape index (κ1) is 16.9. The van der Waals surface area contributed by atoms with Gasteiger partial charge in [-0.3, -0.25) is 4.79 Å². The zero-order valence-electron chi connectivity index (χ0n) is 11.7. The van der Waals surface area contributed by atoms with Gasteiger partial charge in [-0.15, -0.1) is 0 Å². The Labute approximate surface area is 124 Å². The second kappa shape index (κ2) is 9.69. The summed E-state index contributed by atoms with van der Waals surface area (Å²) in [4.78, 5) is 16.1. The van der Waals surface area contributed by atoms with Crippen molar-refractivity contribution in [2.75, 3.05) is 26.4 Å². The quantitative estimate of drug-likeness (QED) is 0.539. The Kier molecular flexibility index (Phi) is 8.18. The summed E-state index contributed by atoms with van der Waals surface area (Å²) in [5, 5.41) is 11.7. The fourth-order valence-electron chi connectivity index (χ4n) is 1.71.